The number of anilines is 1. The average Bonchev–Trinajstić information content (AvgIpc) is 2.74. The number of ether oxygens (including phenoxy) is 1. The first-order valence-electron chi connectivity index (χ1n) is 9.30. The van der Waals surface area contributed by atoms with Gasteiger partial charge >= 0.3 is 5.97 Å². The van der Waals surface area contributed by atoms with Crippen LogP contribution < -0.4 is 3.71 Å². The topological polar surface area (TPSA) is 97.8 Å². The molecule has 0 saturated heterocycles. The highest BCUT2D eigenvalue weighted by atomic mass is 35.5. The molecule has 0 aliphatic rings. The van der Waals surface area contributed by atoms with Crippen molar-refractivity contribution >= 4 is 43.3 Å². The van der Waals surface area contributed by atoms with Crippen LogP contribution in [0.4, 0.5) is 5.69 Å². The molecule has 0 aliphatic heterocycles. The molecule has 7 nitrogen and oxygen atoms in total. The monoisotopic (exact) mass is 493 g/mol. The Balaban J connectivity index is 2.37. The van der Waals surface area contributed by atoms with Gasteiger partial charge in [-0.2, -0.15) is 3.71 Å². The molecule has 0 saturated carbocycles. The average molecular weight is 494 g/mol. The van der Waals surface area contributed by atoms with Gasteiger partial charge in [0.25, 0.3) is 20.0 Å². The highest BCUT2D eigenvalue weighted by Crippen LogP contribution is 2.35. The van der Waals surface area contributed by atoms with Crippen LogP contribution in [0.5, 0.6) is 0 Å². The predicted octanol–water partition coefficient (Wildman–Crippen LogP) is 4.33. The standard InChI is InChI=1S/C22H20ClNO6S2/c1-15-4-9-18(10-5-15)31(26,27)24(32(28,29)19-11-6-16(2)7-12-19)21-13-8-17(23)14-20(21)22(25)30-3/h4-14H,1-3H3. The van der Waals surface area contributed by atoms with E-state index in [1.807, 2.05) is 0 Å². The third-order valence-electron chi connectivity index (χ3n) is 4.63. The zero-order valence-electron chi connectivity index (χ0n) is 17.4. The minimum Gasteiger partial charge on any atom is -0.465 e. The van der Waals surface area contributed by atoms with Crippen molar-refractivity contribution in [1.82, 2.24) is 0 Å². The number of aryl methyl sites for hydroxylation is 2. The quantitative estimate of drug-likeness (QED) is 0.474. The van der Waals surface area contributed by atoms with Gasteiger partial charge in [0.15, 0.2) is 0 Å². The van der Waals surface area contributed by atoms with Crippen molar-refractivity contribution in [2.45, 2.75) is 23.6 Å². The van der Waals surface area contributed by atoms with Crippen LogP contribution in [0.15, 0.2) is 76.5 Å². The van der Waals surface area contributed by atoms with Gasteiger partial charge in [0.1, 0.15) is 0 Å². The SMILES string of the molecule is COC(=O)c1cc(Cl)ccc1N(S(=O)(=O)c1ccc(C)cc1)S(=O)(=O)c1ccc(C)cc1. The molecule has 168 valence electrons. The molecule has 32 heavy (non-hydrogen) atoms. The summed E-state index contributed by atoms with van der Waals surface area (Å²) in [5, 5.41) is 0.106. The summed E-state index contributed by atoms with van der Waals surface area (Å²) >= 11 is 5.99. The number of carbonyl (C=O) groups excluding carboxylic acids is 1. The Labute approximate surface area is 192 Å². The van der Waals surface area contributed by atoms with E-state index in [1.165, 1.54) is 30.3 Å². The molecule has 0 spiro atoms. The fourth-order valence-corrected chi connectivity index (χ4v) is 6.84. The Hall–Kier alpha value is -2.88. The third kappa shape index (κ3) is 4.50. The molecule has 0 radical (unpaired) electrons. The molecular formula is C22H20ClNO6S2. The Morgan fingerprint density at radius 1 is 0.781 bits per heavy atom. The lowest BCUT2D eigenvalue weighted by Gasteiger charge is -2.26. The number of benzene rings is 3. The summed E-state index contributed by atoms with van der Waals surface area (Å²) in [6, 6.07) is 15.0. The van der Waals surface area contributed by atoms with Crippen molar-refractivity contribution in [2.24, 2.45) is 0 Å². The summed E-state index contributed by atoms with van der Waals surface area (Å²) in [7, 11) is -8.24. The van der Waals surface area contributed by atoms with Gasteiger partial charge in [0.2, 0.25) is 0 Å². The molecule has 0 amide bonds. The minimum atomic E-state index is -4.67. The van der Waals surface area contributed by atoms with Crippen LogP contribution in [-0.4, -0.2) is 29.9 Å². The number of halogens is 1. The molecule has 0 heterocycles. The van der Waals surface area contributed by atoms with Crippen molar-refractivity contribution in [3.8, 4) is 0 Å². The van der Waals surface area contributed by atoms with Gasteiger partial charge in [-0.3, -0.25) is 0 Å². The van der Waals surface area contributed by atoms with Crippen molar-refractivity contribution in [1.29, 1.82) is 0 Å². The normalized spacial score (nSPS) is 11.8. The number of methoxy groups -OCH3 is 1. The molecule has 0 fully saturated rings. The lowest BCUT2D eigenvalue weighted by Crippen LogP contribution is -2.38. The van der Waals surface area contributed by atoms with E-state index in [-0.39, 0.29) is 24.1 Å². The fourth-order valence-electron chi connectivity index (χ4n) is 2.94. The lowest BCUT2D eigenvalue weighted by atomic mass is 10.2. The van der Waals surface area contributed by atoms with E-state index >= 15 is 0 Å². The van der Waals surface area contributed by atoms with Crippen LogP contribution >= 0.6 is 11.6 Å². The number of carbonyl (C=O) groups is 1. The molecule has 0 atom stereocenters. The van der Waals surface area contributed by atoms with Gasteiger partial charge < -0.3 is 4.74 Å². The number of sulfonamides is 2. The summed E-state index contributed by atoms with van der Waals surface area (Å²) < 4.78 is 59.5. The molecule has 3 rings (SSSR count). The van der Waals surface area contributed by atoms with Crippen LogP contribution in [0.2, 0.25) is 5.02 Å². The van der Waals surface area contributed by atoms with Gasteiger partial charge in [-0.15, -0.1) is 0 Å². The Morgan fingerprint density at radius 3 is 1.62 bits per heavy atom. The molecular weight excluding hydrogens is 474 g/mol. The number of hydrogen-bond acceptors (Lipinski definition) is 6. The predicted molar refractivity (Wildman–Crippen MR) is 122 cm³/mol. The van der Waals surface area contributed by atoms with Crippen LogP contribution in [0.25, 0.3) is 0 Å². The van der Waals surface area contributed by atoms with E-state index in [0.29, 0.717) is 0 Å². The van der Waals surface area contributed by atoms with Gasteiger partial charge in [-0.25, -0.2) is 21.6 Å². The van der Waals surface area contributed by atoms with Crippen LogP contribution in [0.3, 0.4) is 0 Å². The highest BCUT2D eigenvalue weighted by molar-refractivity contribution is 8.10. The summed E-state index contributed by atoms with van der Waals surface area (Å²) in [5.41, 5.74) is 0.867. The number of hydrogen-bond donors (Lipinski definition) is 0. The lowest BCUT2D eigenvalue weighted by molar-refractivity contribution is 0.0602. The maximum absolute atomic E-state index is 13.6. The first-order valence-corrected chi connectivity index (χ1v) is 12.6. The third-order valence-corrected chi connectivity index (χ3v) is 9.05. The summed E-state index contributed by atoms with van der Waals surface area (Å²) in [4.78, 5) is 11.9. The first-order chi connectivity index (χ1) is 15.0. The summed E-state index contributed by atoms with van der Waals surface area (Å²) in [6.07, 6.45) is 0. The van der Waals surface area contributed by atoms with E-state index in [1.54, 1.807) is 38.1 Å². The van der Waals surface area contributed by atoms with Crippen LogP contribution in [-0.2, 0) is 24.8 Å². The van der Waals surface area contributed by atoms with Gasteiger partial charge in [0.05, 0.1) is 28.2 Å². The maximum Gasteiger partial charge on any atom is 0.340 e. The van der Waals surface area contributed by atoms with Crippen molar-refractivity contribution in [2.75, 3.05) is 10.8 Å². The second-order valence-electron chi connectivity index (χ2n) is 6.99. The van der Waals surface area contributed by atoms with Crippen molar-refractivity contribution < 1.29 is 26.4 Å². The maximum atomic E-state index is 13.6. The zero-order valence-corrected chi connectivity index (χ0v) is 19.8. The molecule has 3 aromatic rings. The summed E-state index contributed by atoms with van der Waals surface area (Å²) in [6.45, 7) is 3.54. The second kappa shape index (κ2) is 8.93. The number of nitrogens with zero attached hydrogens (tertiary/aromatic N) is 1. The van der Waals surface area contributed by atoms with Gasteiger partial charge in [0, 0.05) is 5.02 Å². The van der Waals surface area contributed by atoms with E-state index in [0.717, 1.165) is 30.4 Å². The number of rotatable bonds is 6. The van der Waals surface area contributed by atoms with Crippen molar-refractivity contribution in [3.05, 3.63) is 88.4 Å². The Bertz CT molecular complexity index is 1290. The van der Waals surface area contributed by atoms with Crippen molar-refractivity contribution in [3.63, 3.8) is 0 Å². The zero-order chi connectivity index (χ0) is 23.7. The molecule has 0 aliphatic carbocycles. The molecule has 0 N–H and O–H groups in total. The largest absolute Gasteiger partial charge is 0.465 e. The molecule has 3 aromatic carbocycles. The van der Waals surface area contributed by atoms with Crippen LogP contribution in [0.1, 0.15) is 21.5 Å². The Morgan fingerprint density at radius 2 is 1.22 bits per heavy atom. The second-order valence-corrected chi connectivity index (χ2v) is 11.2. The van der Waals surface area contributed by atoms with E-state index in [9.17, 15) is 21.6 Å². The molecule has 0 unspecified atom stereocenters. The Kier molecular flexibility index (Phi) is 6.64. The van der Waals surface area contributed by atoms with E-state index in [4.69, 9.17) is 16.3 Å². The van der Waals surface area contributed by atoms with Gasteiger partial charge in [-0.1, -0.05) is 47.0 Å². The molecule has 0 aromatic heterocycles. The fraction of sp³-hybridized carbons (Fsp3) is 0.136. The first kappa shape index (κ1) is 23.8. The van der Waals surface area contributed by atoms with Crippen LogP contribution in [0, 0.1) is 13.8 Å². The smallest absolute Gasteiger partial charge is 0.340 e. The minimum absolute atomic E-state index is 0.106. The molecule has 10 heteroatoms. The van der Waals surface area contributed by atoms with E-state index < -0.39 is 31.7 Å². The van der Waals surface area contributed by atoms with E-state index in [2.05, 4.69) is 0 Å². The molecule has 0 bridgehead atoms. The van der Waals surface area contributed by atoms with Gasteiger partial charge in [-0.05, 0) is 56.3 Å². The summed E-state index contributed by atoms with van der Waals surface area (Å²) in [5.74, 6) is -0.939. The number of esters is 1. The highest BCUT2D eigenvalue weighted by Gasteiger charge is 2.39.